The molecule has 0 aliphatic heterocycles. The number of hydrogen-bond acceptors (Lipinski definition) is 3. The van der Waals surface area contributed by atoms with E-state index in [1.807, 2.05) is 36.5 Å². The van der Waals surface area contributed by atoms with Gasteiger partial charge in [-0.2, -0.15) is 5.10 Å². The number of hydrogen-bond donors (Lipinski definition) is 3. The Morgan fingerprint density at radius 2 is 2.00 bits per heavy atom. The van der Waals surface area contributed by atoms with E-state index in [1.54, 1.807) is 18.3 Å². The summed E-state index contributed by atoms with van der Waals surface area (Å²) in [5.41, 5.74) is 4.66. The molecule has 0 spiro atoms. The Hall–Kier alpha value is -3.80. The van der Waals surface area contributed by atoms with Gasteiger partial charge in [-0.25, -0.2) is 0 Å². The maximum Gasteiger partial charge on any atom is 0.291 e. The molecule has 1 amide bonds. The molecule has 26 heavy (non-hydrogen) atoms. The molecule has 3 N–H and O–H groups in total. The molecule has 6 heteroatoms. The first-order chi connectivity index (χ1) is 12.8. The van der Waals surface area contributed by atoms with E-state index < -0.39 is 0 Å². The first-order valence-electron chi connectivity index (χ1n) is 8.18. The summed E-state index contributed by atoms with van der Waals surface area (Å²) in [5.74, 6) is -0.0331. The smallest absolute Gasteiger partial charge is 0.291 e. The molecular formula is C20H14N4O2. The molecular weight excluding hydrogens is 328 g/mol. The average molecular weight is 342 g/mol. The monoisotopic (exact) mass is 342 g/mol. The Kier molecular flexibility index (Phi) is 3.15. The standard InChI is InChI=1S/C20H14N4O2/c25-20(19-5-2-8-26-19)23-17-9-12(10-18-15(17)11-22-24-18)13-3-1-4-16-14(13)6-7-21-16/h1-11,21H,(H,22,24)(H,23,25). The number of benzene rings is 2. The molecule has 0 unspecified atom stereocenters. The van der Waals surface area contributed by atoms with Gasteiger partial charge in [0.1, 0.15) is 0 Å². The van der Waals surface area contributed by atoms with Crippen LogP contribution in [0.4, 0.5) is 5.69 Å². The van der Waals surface area contributed by atoms with E-state index in [2.05, 4.69) is 26.6 Å². The van der Waals surface area contributed by atoms with Crippen LogP contribution in [0.1, 0.15) is 10.6 Å². The molecule has 2 aromatic carbocycles. The minimum Gasteiger partial charge on any atom is -0.459 e. The second-order valence-electron chi connectivity index (χ2n) is 6.03. The van der Waals surface area contributed by atoms with Crippen LogP contribution in [0.2, 0.25) is 0 Å². The van der Waals surface area contributed by atoms with Crippen LogP contribution >= 0.6 is 0 Å². The van der Waals surface area contributed by atoms with Gasteiger partial charge >= 0.3 is 0 Å². The summed E-state index contributed by atoms with van der Waals surface area (Å²) in [6.45, 7) is 0. The van der Waals surface area contributed by atoms with Gasteiger partial charge in [-0.05, 0) is 47.5 Å². The summed E-state index contributed by atoms with van der Waals surface area (Å²) in [6.07, 6.45) is 5.10. The zero-order valence-corrected chi connectivity index (χ0v) is 13.6. The lowest BCUT2D eigenvalue weighted by Crippen LogP contribution is -2.11. The van der Waals surface area contributed by atoms with Crippen molar-refractivity contribution in [2.75, 3.05) is 5.32 Å². The van der Waals surface area contributed by atoms with Crippen molar-refractivity contribution in [3.05, 3.63) is 72.9 Å². The van der Waals surface area contributed by atoms with Crippen LogP contribution in [0.15, 0.2) is 71.6 Å². The maximum absolute atomic E-state index is 12.4. The lowest BCUT2D eigenvalue weighted by Gasteiger charge is -2.10. The quantitative estimate of drug-likeness (QED) is 0.449. The Morgan fingerprint density at radius 3 is 2.88 bits per heavy atom. The Labute approximate surface area is 147 Å². The summed E-state index contributed by atoms with van der Waals surface area (Å²) >= 11 is 0. The number of anilines is 1. The van der Waals surface area contributed by atoms with E-state index >= 15 is 0 Å². The zero-order valence-electron chi connectivity index (χ0n) is 13.6. The number of H-pyrrole nitrogens is 2. The van der Waals surface area contributed by atoms with Crippen LogP contribution in [0.3, 0.4) is 0 Å². The molecule has 0 radical (unpaired) electrons. The number of nitrogens with one attached hydrogen (secondary N) is 3. The van der Waals surface area contributed by atoms with Gasteiger partial charge in [-0.3, -0.25) is 9.89 Å². The highest BCUT2D eigenvalue weighted by Gasteiger charge is 2.14. The van der Waals surface area contributed by atoms with Crippen LogP contribution < -0.4 is 5.32 Å². The predicted molar refractivity (Wildman–Crippen MR) is 100 cm³/mol. The third-order valence-electron chi connectivity index (χ3n) is 4.46. The van der Waals surface area contributed by atoms with Crippen LogP contribution in [0.25, 0.3) is 32.9 Å². The molecule has 5 aromatic rings. The number of fused-ring (bicyclic) bond motifs is 2. The van der Waals surface area contributed by atoms with Crippen molar-refractivity contribution in [3.8, 4) is 11.1 Å². The van der Waals surface area contributed by atoms with Gasteiger partial charge in [0.15, 0.2) is 5.76 Å². The summed E-state index contributed by atoms with van der Waals surface area (Å²) in [5, 5.41) is 12.0. The van der Waals surface area contributed by atoms with Gasteiger partial charge < -0.3 is 14.7 Å². The summed E-state index contributed by atoms with van der Waals surface area (Å²) in [4.78, 5) is 15.6. The third-order valence-corrected chi connectivity index (χ3v) is 4.46. The fourth-order valence-electron chi connectivity index (χ4n) is 3.24. The second-order valence-corrected chi connectivity index (χ2v) is 6.03. The van der Waals surface area contributed by atoms with Crippen molar-refractivity contribution in [2.24, 2.45) is 0 Å². The number of furan rings is 1. The van der Waals surface area contributed by atoms with Crippen molar-refractivity contribution in [1.82, 2.24) is 15.2 Å². The number of aromatic nitrogens is 3. The van der Waals surface area contributed by atoms with Crippen LogP contribution in [-0.2, 0) is 0 Å². The van der Waals surface area contributed by atoms with Gasteiger partial charge in [-0.15, -0.1) is 0 Å². The van der Waals surface area contributed by atoms with E-state index in [0.29, 0.717) is 5.69 Å². The highest BCUT2D eigenvalue weighted by Crippen LogP contribution is 2.34. The molecule has 6 nitrogen and oxygen atoms in total. The van der Waals surface area contributed by atoms with Gasteiger partial charge in [0, 0.05) is 22.5 Å². The van der Waals surface area contributed by atoms with E-state index in [0.717, 1.165) is 32.9 Å². The second kappa shape index (κ2) is 5.63. The normalized spacial score (nSPS) is 11.2. The molecule has 0 bridgehead atoms. The molecule has 0 saturated heterocycles. The van der Waals surface area contributed by atoms with Crippen molar-refractivity contribution >= 4 is 33.4 Å². The molecule has 3 aromatic heterocycles. The molecule has 3 heterocycles. The van der Waals surface area contributed by atoms with Gasteiger partial charge in [0.2, 0.25) is 0 Å². The lowest BCUT2D eigenvalue weighted by molar-refractivity contribution is 0.0997. The van der Waals surface area contributed by atoms with Crippen molar-refractivity contribution in [1.29, 1.82) is 0 Å². The minimum absolute atomic E-state index is 0.264. The first-order valence-corrected chi connectivity index (χ1v) is 8.18. The number of amides is 1. The number of carbonyl (C=O) groups is 1. The highest BCUT2D eigenvalue weighted by atomic mass is 16.3. The fourth-order valence-corrected chi connectivity index (χ4v) is 3.24. The van der Waals surface area contributed by atoms with Crippen LogP contribution in [-0.4, -0.2) is 21.1 Å². The summed E-state index contributed by atoms with van der Waals surface area (Å²) in [7, 11) is 0. The maximum atomic E-state index is 12.4. The van der Waals surface area contributed by atoms with E-state index in [-0.39, 0.29) is 11.7 Å². The molecule has 0 saturated carbocycles. The van der Waals surface area contributed by atoms with Crippen molar-refractivity contribution in [2.45, 2.75) is 0 Å². The molecule has 0 aliphatic carbocycles. The predicted octanol–water partition coefficient (Wildman–Crippen LogP) is 4.56. The fraction of sp³-hybridized carbons (Fsp3) is 0. The average Bonchev–Trinajstić information content (AvgIpc) is 3.40. The van der Waals surface area contributed by atoms with Crippen molar-refractivity contribution < 1.29 is 9.21 Å². The van der Waals surface area contributed by atoms with Gasteiger partial charge in [0.25, 0.3) is 5.91 Å². The summed E-state index contributed by atoms with van der Waals surface area (Å²) in [6, 6.07) is 15.5. The van der Waals surface area contributed by atoms with E-state index in [1.165, 1.54) is 6.26 Å². The van der Waals surface area contributed by atoms with Crippen molar-refractivity contribution in [3.63, 3.8) is 0 Å². The first kappa shape index (κ1) is 14.5. The van der Waals surface area contributed by atoms with Gasteiger partial charge in [0.05, 0.1) is 23.7 Å². The lowest BCUT2D eigenvalue weighted by atomic mass is 9.99. The SMILES string of the molecule is O=C(Nc1cc(-c2cccc3[nH]ccc23)cc2[nH]ncc12)c1ccco1. The number of nitrogens with zero attached hydrogens (tertiary/aromatic N) is 1. The number of aromatic amines is 2. The third kappa shape index (κ3) is 2.28. The molecule has 0 atom stereocenters. The van der Waals surface area contributed by atoms with E-state index in [9.17, 15) is 4.79 Å². The van der Waals surface area contributed by atoms with E-state index in [4.69, 9.17) is 4.42 Å². The number of rotatable bonds is 3. The highest BCUT2D eigenvalue weighted by molar-refractivity contribution is 6.09. The Balaban J connectivity index is 1.66. The van der Waals surface area contributed by atoms with Gasteiger partial charge in [-0.1, -0.05) is 12.1 Å². The van der Waals surface area contributed by atoms with Crippen LogP contribution in [0.5, 0.6) is 0 Å². The topological polar surface area (TPSA) is 86.7 Å². The number of carbonyl (C=O) groups excluding carboxylic acids is 1. The molecule has 0 fully saturated rings. The largest absolute Gasteiger partial charge is 0.459 e. The summed E-state index contributed by atoms with van der Waals surface area (Å²) < 4.78 is 5.18. The van der Waals surface area contributed by atoms with Crippen LogP contribution in [0, 0.1) is 0 Å². The molecule has 0 aliphatic rings. The Morgan fingerprint density at radius 1 is 1.04 bits per heavy atom. The molecule has 5 rings (SSSR count). The molecule has 126 valence electrons. The Bertz CT molecular complexity index is 1230. The zero-order chi connectivity index (χ0) is 17.5. The minimum atomic E-state index is -0.297.